The molecular weight excluding hydrogens is 308 g/mol. The van der Waals surface area contributed by atoms with Crippen LogP contribution in [0, 0.1) is 0 Å². The van der Waals surface area contributed by atoms with Crippen LogP contribution in [0.25, 0.3) is 0 Å². The summed E-state index contributed by atoms with van der Waals surface area (Å²) in [6.07, 6.45) is 1.03. The minimum absolute atomic E-state index is 0.457. The lowest BCUT2D eigenvalue weighted by atomic mass is 10.2. The number of benzene rings is 1. The minimum Gasteiger partial charge on any atom is -0.497 e. The lowest BCUT2D eigenvalue weighted by molar-refractivity contribution is 0.0376. The third-order valence-electron chi connectivity index (χ3n) is 3.90. The smallest absolute Gasteiger partial charge is 0.188 e. The first-order valence-corrected chi connectivity index (χ1v) is 8.27. The van der Waals surface area contributed by atoms with Gasteiger partial charge in [-0.05, 0) is 30.7 Å². The van der Waals surface area contributed by atoms with Gasteiger partial charge in [-0.3, -0.25) is 4.90 Å². The fourth-order valence-electron chi connectivity index (χ4n) is 2.53. The summed E-state index contributed by atoms with van der Waals surface area (Å²) in [7, 11) is 3.26. The molecule has 0 atom stereocenters. The highest BCUT2D eigenvalue weighted by Gasteiger charge is 2.09. The lowest BCUT2D eigenvalue weighted by Gasteiger charge is -2.26. The quantitative estimate of drug-likeness (QED) is 0.416. The van der Waals surface area contributed by atoms with Crippen molar-refractivity contribution in [3.63, 3.8) is 0 Å². The Morgan fingerprint density at radius 1 is 1.21 bits per heavy atom. The van der Waals surface area contributed by atoms with Crippen LogP contribution in [-0.4, -0.2) is 64.5 Å². The van der Waals surface area contributed by atoms with Gasteiger partial charge in [-0.2, -0.15) is 0 Å². The van der Waals surface area contributed by atoms with Crippen molar-refractivity contribution in [2.45, 2.75) is 13.0 Å². The Morgan fingerprint density at radius 3 is 2.50 bits per heavy atom. The summed E-state index contributed by atoms with van der Waals surface area (Å²) in [6, 6.07) is 5.69. The molecule has 7 heteroatoms. The zero-order chi connectivity index (χ0) is 17.2. The second-order valence-corrected chi connectivity index (χ2v) is 5.66. The van der Waals surface area contributed by atoms with E-state index in [9.17, 15) is 0 Å². The number of methoxy groups -OCH3 is 2. The van der Waals surface area contributed by atoms with Crippen LogP contribution in [0.4, 0.5) is 0 Å². The van der Waals surface area contributed by atoms with Gasteiger partial charge in [0.05, 0.1) is 34.0 Å². The summed E-state index contributed by atoms with van der Waals surface area (Å²) >= 11 is 0. The number of ether oxygens (including phenoxy) is 3. The number of guanidine groups is 1. The van der Waals surface area contributed by atoms with E-state index in [0.29, 0.717) is 12.5 Å². The van der Waals surface area contributed by atoms with Gasteiger partial charge in [-0.25, -0.2) is 4.99 Å². The van der Waals surface area contributed by atoms with Crippen LogP contribution >= 0.6 is 0 Å². The van der Waals surface area contributed by atoms with Gasteiger partial charge in [0.15, 0.2) is 5.96 Å². The van der Waals surface area contributed by atoms with Crippen LogP contribution in [0.15, 0.2) is 23.2 Å². The predicted molar refractivity (Wildman–Crippen MR) is 94.8 cm³/mol. The number of hydrogen-bond donors (Lipinski definition) is 2. The normalized spacial score (nSPS) is 16.0. The number of nitrogens with two attached hydrogens (primary N) is 1. The van der Waals surface area contributed by atoms with E-state index in [1.165, 1.54) is 0 Å². The van der Waals surface area contributed by atoms with Crippen LogP contribution in [0.1, 0.15) is 12.0 Å². The summed E-state index contributed by atoms with van der Waals surface area (Å²) in [4.78, 5) is 6.77. The van der Waals surface area contributed by atoms with Gasteiger partial charge in [0.1, 0.15) is 11.5 Å². The van der Waals surface area contributed by atoms with E-state index in [2.05, 4.69) is 15.2 Å². The van der Waals surface area contributed by atoms with E-state index in [0.717, 1.165) is 62.9 Å². The van der Waals surface area contributed by atoms with Crippen LogP contribution in [-0.2, 0) is 11.3 Å². The molecule has 1 saturated heterocycles. The topological polar surface area (TPSA) is 81.3 Å². The molecule has 134 valence electrons. The zero-order valence-electron chi connectivity index (χ0n) is 14.6. The van der Waals surface area contributed by atoms with Crippen LogP contribution in [0.2, 0.25) is 0 Å². The molecule has 0 aliphatic carbocycles. The van der Waals surface area contributed by atoms with Gasteiger partial charge in [-0.15, -0.1) is 0 Å². The number of aliphatic imine (C=N–C) groups is 1. The highest BCUT2D eigenvalue weighted by atomic mass is 16.5. The molecular formula is C17H28N4O3. The molecule has 0 saturated carbocycles. The lowest BCUT2D eigenvalue weighted by Crippen LogP contribution is -2.39. The van der Waals surface area contributed by atoms with E-state index >= 15 is 0 Å². The van der Waals surface area contributed by atoms with Crippen LogP contribution in [0.3, 0.4) is 0 Å². The molecule has 2 rings (SSSR count). The highest BCUT2D eigenvalue weighted by Crippen LogP contribution is 2.22. The van der Waals surface area contributed by atoms with Gasteiger partial charge >= 0.3 is 0 Å². The third-order valence-corrected chi connectivity index (χ3v) is 3.90. The molecule has 3 N–H and O–H groups in total. The molecule has 1 aromatic carbocycles. The summed E-state index contributed by atoms with van der Waals surface area (Å²) in [6.45, 7) is 6.05. The Hall–Kier alpha value is -1.99. The van der Waals surface area contributed by atoms with Crippen molar-refractivity contribution in [2.75, 3.05) is 53.6 Å². The number of rotatable bonds is 8. The molecule has 1 fully saturated rings. The Morgan fingerprint density at radius 2 is 1.88 bits per heavy atom. The van der Waals surface area contributed by atoms with Crippen molar-refractivity contribution in [2.24, 2.45) is 10.7 Å². The molecule has 0 spiro atoms. The molecule has 1 aromatic rings. The Labute approximate surface area is 143 Å². The first-order chi connectivity index (χ1) is 11.7. The SMILES string of the molecule is COc1cc(CN=C(N)NCCCN2CCOCC2)cc(OC)c1. The molecule has 0 amide bonds. The van der Waals surface area contributed by atoms with Crippen LogP contribution < -0.4 is 20.5 Å². The average molecular weight is 336 g/mol. The molecule has 0 aromatic heterocycles. The zero-order valence-corrected chi connectivity index (χ0v) is 14.6. The van der Waals surface area contributed by atoms with Crippen molar-refractivity contribution in [3.05, 3.63) is 23.8 Å². The van der Waals surface area contributed by atoms with E-state index in [4.69, 9.17) is 19.9 Å². The van der Waals surface area contributed by atoms with Crippen molar-refractivity contribution >= 4 is 5.96 Å². The largest absolute Gasteiger partial charge is 0.497 e. The highest BCUT2D eigenvalue weighted by molar-refractivity contribution is 5.77. The van der Waals surface area contributed by atoms with E-state index < -0.39 is 0 Å². The summed E-state index contributed by atoms with van der Waals surface area (Å²) in [5.74, 6) is 1.95. The number of hydrogen-bond acceptors (Lipinski definition) is 5. The Kier molecular flexibility index (Phi) is 7.64. The van der Waals surface area contributed by atoms with Gasteiger partial charge in [0.2, 0.25) is 0 Å². The van der Waals surface area contributed by atoms with Gasteiger partial charge < -0.3 is 25.3 Å². The summed E-state index contributed by atoms with van der Waals surface area (Å²) in [5.41, 5.74) is 6.91. The average Bonchev–Trinajstić information content (AvgIpc) is 2.64. The predicted octanol–water partition coefficient (Wildman–Crippen LogP) is 0.830. The van der Waals surface area contributed by atoms with Gasteiger partial charge in [-0.1, -0.05) is 0 Å². The first-order valence-electron chi connectivity index (χ1n) is 8.27. The third kappa shape index (κ3) is 6.25. The van der Waals surface area contributed by atoms with E-state index in [-0.39, 0.29) is 0 Å². The van der Waals surface area contributed by atoms with E-state index in [1.807, 2.05) is 18.2 Å². The van der Waals surface area contributed by atoms with Gasteiger partial charge in [0.25, 0.3) is 0 Å². The van der Waals surface area contributed by atoms with Crippen molar-refractivity contribution in [1.29, 1.82) is 0 Å². The molecule has 1 aliphatic heterocycles. The number of morpholine rings is 1. The molecule has 24 heavy (non-hydrogen) atoms. The molecule has 1 aliphatic rings. The second-order valence-electron chi connectivity index (χ2n) is 5.66. The summed E-state index contributed by atoms with van der Waals surface area (Å²) < 4.78 is 15.8. The molecule has 0 unspecified atom stereocenters. The van der Waals surface area contributed by atoms with Gasteiger partial charge in [0, 0.05) is 25.7 Å². The number of nitrogens with one attached hydrogen (secondary N) is 1. The Balaban J connectivity index is 1.73. The maximum absolute atomic E-state index is 5.92. The minimum atomic E-state index is 0.457. The first kappa shape index (κ1) is 18.4. The van der Waals surface area contributed by atoms with Crippen molar-refractivity contribution in [1.82, 2.24) is 10.2 Å². The van der Waals surface area contributed by atoms with Crippen molar-refractivity contribution < 1.29 is 14.2 Å². The van der Waals surface area contributed by atoms with Crippen LogP contribution in [0.5, 0.6) is 11.5 Å². The fourth-order valence-corrected chi connectivity index (χ4v) is 2.53. The standard InChI is InChI=1S/C17H28N4O3/c1-22-15-10-14(11-16(12-15)23-2)13-20-17(18)19-4-3-5-21-6-8-24-9-7-21/h10-12H,3-9,13H2,1-2H3,(H3,18,19,20). The molecule has 7 nitrogen and oxygen atoms in total. The van der Waals surface area contributed by atoms with E-state index in [1.54, 1.807) is 14.2 Å². The number of nitrogens with zero attached hydrogens (tertiary/aromatic N) is 2. The molecule has 0 radical (unpaired) electrons. The second kappa shape index (κ2) is 10.00. The molecule has 1 heterocycles. The fraction of sp³-hybridized carbons (Fsp3) is 0.588. The summed E-state index contributed by atoms with van der Waals surface area (Å²) in [5, 5.41) is 3.16. The monoisotopic (exact) mass is 336 g/mol. The Bertz CT molecular complexity index is 508. The van der Waals surface area contributed by atoms with Crippen molar-refractivity contribution in [3.8, 4) is 11.5 Å². The molecule has 0 bridgehead atoms. The maximum Gasteiger partial charge on any atom is 0.188 e. The maximum atomic E-state index is 5.92.